The second-order valence-corrected chi connectivity index (χ2v) is 12.5. The van der Waals surface area contributed by atoms with E-state index in [-0.39, 0.29) is 52.5 Å². The Bertz CT molecular complexity index is 1540. The second-order valence-electron chi connectivity index (χ2n) is 12.5. The van der Waals surface area contributed by atoms with Crippen LogP contribution in [0.25, 0.3) is 0 Å². The first-order valence-corrected chi connectivity index (χ1v) is 13.8. The molecule has 1 saturated heterocycles. The second kappa shape index (κ2) is 11.0. The van der Waals surface area contributed by atoms with Crippen molar-refractivity contribution in [3.63, 3.8) is 0 Å². The summed E-state index contributed by atoms with van der Waals surface area (Å²) >= 11 is 0. The van der Waals surface area contributed by atoms with Crippen molar-refractivity contribution in [3.8, 4) is 23.0 Å². The maximum absolute atomic E-state index is 13.9. The first-order valence-electron chi connectivity index (χ1n) is 13.8. The summed E-state index contributed by atoms with van der Waals surface area (Å²) in [6.07, 6.45) is -1.28. The number of nitrogens with zero attached hydrogens (tertiary/aromatic N) is 1. The average molecular weight is 599 g/mol. The van der Waals surface area contributed by atoms with Crippen LogP contribution in [0.2, 0.25) is 0 Å². The van der Waals surface area contributed by atoms with Crippen LogP contribution in [0.5, 0.6) is 23.0 Å². The lowest BCUT2D eigenvalue weighted by Gasteiger charge is -2.33. The van der Waals surface area contributed by atoms with Crippen molar-refractivity contribution < 1.29 is 44.3 Å². The van der Waals surface area contributed by atoms with Crippen LogP contribution in [-0.4, -0.2) is 70.2 Å². The van der Waals surface area contributed by atoms with Gasteiger partial charge in [0.15, 0.2) is 23.0 Å². The van der Waals surface area contributed by atoms with Crippen LogP contribution in [0, 0.1) is 11.8 Å². The van der Waals surface area contributed by atoms with Gasteiger partial charge in [0.25, 0.3) is 5.91 Å². The van der Waals surface area contributed by atoms with E-state index < -0.39 is 70.1 Å². The van der Waals surface area contributed by atoms with Gasteiger partial charge in [0.1, 0.15) is 23.3 Å². The number of hydrogen-bond donors (Lipinski definition) is 7. The summed E-state index contributed by atoms with van der Waals surface area (Å²) in [5, 5.41) is 49.3. The molecule has 2 unspecified atom stereocenters. The molecule has 13 nitrogen and oxygen atoms in total. The third-order valence-electron chi connectivity index (χ3n) is 7.80. The molecular weight excluding hydrogens is 560 g/mol. The number of anilines is 2. The predicted molar refractivity (Wildman–Crippen MR) is 157 cm³/mol. The highest BCUT2D eigenvalue weighted by atomic mass is 16.6. The van der Waals surface area contributed by atoms with Gasteiger partial charge in [-0.2, -0.15) is 0 Å². The van der Waals surface area contributed by atoms with Gasteiger partial charge < -0.3 is 46.4 Å². The number of ether oxygens (including phenoxy) is 1. The lowest BCUT2D eigenvalue weighted by atomic mass is 9.70. The molecule has 1 heterocycles. The van der Waals surface area contributed by atoms with E-state index in [9.17, 15) is 39.6 Å². The highest BCUT2D eigenvalue weighted by molar-refractivity contribution is 6.15. The predicted octanol–water partition coefficient (Wildman–Crippen LogP) is 2.39. The first kappa shape index (κ1) is 31.4. The summed E-state index contributed by atoms with van der Waals surface area (Å²) in [7, 11) is 3.05. The Hall–Kier alpha value is -4.52. The molecule has 2 aromatic rings. The third-order valence-corrected chi connectivity index (χ3v) is 7.80. The van der Waals surface area contributed by atoms with E-state index in [2.05, 4.69) is 10.6 Å². The number of nitrogens with two attached hydrogens (primary N) is 1. The number of primary amides is 1. The zero-order valence-corrected chi connectivity index (χ0v) is 25.2. The number of rotatable bonds is 8. The van der Waals surface area contributed by atoms with Crippen LogP contribution in [0.1, 0.15) is 84.0 Å². The van der Waals surface area contributed by atoms with E-state index in [1.165, 1.54) is 19.0 Å². The molecule has 0 aromatic heterocycles. The van der Waals surface area contributed by atoms with Crippen LogP contribution in [0.3, 0.4) is 0 Å². The number of Topliss-reactive ketones (excluding diaryl/α,β-unsaturated/α-hetero) is 1. The highest BCUT2D eigenvalue weighted by Gasteiger charge is 2.56. The number of phenols is 4. The van der Waals surface area contributed by atoms with Gasteiger partial charge in [0.05, 0.1) is 23.5 Å². The minimum atomic E-state index is -1.40. The monoisotopic (exact) mass is 598 g/mol. The number of fused-ring (bicyclic) bond motifs is 4. The van der Waals surface area contributed by atoms with Gasteiger partial charge in [-0.1, -0.05) is 13.8 Å². The number of carbonyl (C=O) groups excluding carboxylic acids is 4. The van der Waals surface area contributed by atoms with E-state index in [1.54, 1.807) is 6.07 Å². The lowest BCUT2D eigenvalue weighted by Crippen LogP contribution is -2.41. The first-order chi connectivity index (χ1) is 19.9. The number of nitrogens with one attached hydrogen (secondary N) is 2. The molecule has 0 spiro atoms. The van der Waals surface area contributed by atoms with Gasteiger partial charge in [-0.3, -0.25) is 19.2 Å². The fraction of sp³-hybridized carbons (Fsp3) is 0.467. The number of carbonyl (C=O) groups is 4. The van der Waals surface area contributed by atoms with Crippen LogP contribution in [-0.2, 0) is 20.7 Å². The van der Waals surface area contributed by atoms with Gasteiger partial charge in [-0.25, -0.2) is 0 Å². The lowest BCUT2D eigenvalue weighted by molar-refractivity contribution is -0.143. The Morgan fingerprint density at radius 3 is 2.21 bits per heavy atom. The van der Waals surface area contributed by atoms with E-state index >= 15 is 0 Å². The molecule has 4 rings (SSSR count). The number of phenolic OH excluding ortho intramolecular Hbond substituents is 2. The SMILES string of the molecule is CC(C)c1cc(NC(=O)CNC(C)(C)C)c(O)c2c1C1OC(=O)C(C2=O)[C@H]1Cc1c(O)c(O)c(C(N)=O)c(O)c1N(C)C. The zero-order chi connectivity index (χ0) is 32.3. The molecule has 232 valence electrons. The molecule has 2 bridgehead atoms. The van der Waals surface area contributed by atoms with E-state index in [1.807, 2.05) is 34.6 Å². The van der Waals surface area contributed by atoms with Crippen LogP contribution in [0.4, 0.5) is 11.4 Å². The Kier molecular flexibility index (Phi) is 8.00. The van der Waals surface area contributed by atoms with Gasteiger partial charge in [0.2, 0.25) is 5.91 Å². The average Bonchev–Trinajstić information content (AvgIpc) is 3.14. The largest absolute Gasteiger partial charge is 0.505 e. The standard InChI is InChI=1S/C30H38N4O9/c1-11(2)12-9-15(33-16(35)10-32-30(3,4)5)23(37)19-17(12)27-13(18(24(19)38)29(42)43-27)8-14-21(34(6)7)25(39)20(28(31)41)26(40)22(14)36/h9,11,13,18,27,32,36-37,39-40H,8,10H2,1-7H3,(H2,31,41)(H,33,35)/t13-,18?,27?/m1/s1. The van der Waals surface area contributed by atoms with Crippen LogP contribution in [0.15, 0.2) is 6.07 Å². The van der Waals surface area contributed by atoms with Crippen LogP contribution < -0.4 is 21.3 Å². The maximum atomic E-state index is 13.9. The number of benzene rings is 2. The molecule has 3 atom stereocenters. The van der Waals surface area contributed by atoms with Gasteiger partial charge >= 0.3 is 5.97 Å². The molecule has 13 heteroatoms. The summed E-state index contributed by atoms with van der Waals surface area (Å²) in [6.45, 7) is 9.32. The molecule has 2 amide bonds. The van der Waals surface area contributed by atoms with Crippen molar-refractivity contribution in [3.05, 3.63) is 33.9 Å². The normalized spacial score (nSPS) is 19.3. The minimum absolute atomic E-state index is 0.0197. The topological polar surface area (TPSA) is 212 Å². The number of esters is 1. The Labute approximate surface area is 248 Å². The molecule has 43 heavy (non-hydrogen) atoms. The van der Waals surface area contributed by atoms with Crippen molar-refractivity contribution in [1.82, 2.24) is 5.32 Å². The van der Waals surface area contributed by atoms with E-state index in [0.29, 0.717) is 5.56 Å². The Morgan fingerprint density at radius 1 is 1.05 bits per heavy atom. The van der Waals surface area contributed by atoms with E-state index in [0.717, 1.165) is 0 Å². The number of ketones is 1. The molecule has 2 aliphatic rings. The molecule has 1 aliphatic heterocycles. The molecule has 0 radical (unpaired) electrons. The summed E-state index contributed by atoms with van der Waals surface area (Å²) in [4.78, 5) is 53.1. The number of amides is 2. The number of aromatic hydroxyl groups is 4. The molecule has 1 fully saturated rings. The third kappa shape index (κ3) is 5.40. The molecule has 1 aliphatic carbocycles. The fourth-order valence-electron chi connectivity index (χ4n) is 5.86. The van der Waals surface area contributed by atoms with Crippen molar-refractivity contribution in [1.29, 1.82) is 0 Å². The molecular formula is C30H38N4O9. The van der Waals surface area contributed by atoms with E-state index in [4.69, 9.17) is 10.5 Å². The van der Waals surface area contributed by atoms with Gasteiger partial charge in [-0.15, -0.1) is 0 Å². The van der Waals surface area contributed by atoms with Crippen LogP contribution >= 0.6 is 0 Å². The number of hydrogen-bond acceptors (Lipinski definition) is 11. The summed E-state index contributed by atoms with van der Waals surface area (Å²) in [5.41, 5.74) is 4.95. The molecule has 8 N–H and O–H groups in total. The van der Waals surface area contributed by atoms with Crippen molar-refractivity contribution in [2.75, 3.05) is 30.9 Å². The quantitative estimate of drug-likeness (QED) is 0.101. The van der Waals surface area contributed by atoms with Gasteiger partial charge in [-0.05, 0) is 44.7 Å². The van der Waals surface area contributed by atoms with Crippen molar-refractivity contribution >= 4 is 34.9 Å². The Morgan fingerprint density at radius 2 is 1.67 bits per heavy atom. The zero-order valence-electron chi connectivity index (χ0n) is 25.2. The summed E-state index contributed by atoms with van der Waals surface area (Å²) in [6, 6.07) is 1.55. The maximum Gasteiger partial charge on any atom is 0.317 e. The smallest absolute Gasteiger partial charge is 0.317 e. The molecule has 2 aromatic carbocycles. The summed E-state index contributed by atoms with van der Waals surface area (Å²) < 4.78 is 5.71. The minimum Gasteiger partial charge on any atom is -0.505 e. The Balaban J connectivity index is 1.84. The van der Waals surface area contributed by atoms with Crippen molar-refractivity contribution in [2.24, 2.45) is 17.6 Å². The summed E-state index contributed by atoms with van der Waals surface area (Å²) in [5.74, 6) is -8.57. The van der Waals surface area contributed by atoms with Gasteiger partial charge in [0, 0.05) is 36.7 Å². The molecule has 0 saturated carbocycles. The highest BCUT2D eigenvalue weighted by Crippen LogP contribution is 2.56. The van der Waals surface area contributed by atoms with Crippen molar-refractivity contribution in [2.45, 2.75) is 58.6 Å². The fourth-order valence-corrected chi connectivity index (χ4v) is 5.86.